The van der Waals surface area contributed by atoms with E-state index in [2.05, 4.69) is 10.6 Å². The number of hydrogen-bond acceptors (Lipinski definition) is 13. The third-order valence-corrected chi connectivity index (χ3v) is 12.2. The second kappa shape index (κ2) is 19.3. The van der Waals surface area contributed by atoms with Gasteiger partial charge < -0.3 is 63.5 Å². The number of carbonyl (C=O) groups excluding carboxylic acids is 2. The monoisotopic (exact) mass is 788 g/mol. The molecule has 17 heteroatoms. The van der Waals surface area contributed by atoms with Crippen LogP contribution in [-0.2, 0) is 61.8 Å². The van der Waals surface area contributed by atoms with Gasteiger partial charge in [0.2, 0.25) is 11.8 Å². The Balaban J connectivity index is 1.63. The molecule has 0 bridgehead atoms. The minimum Gasteiger partial charge on any atom is -0.479 e. The molecule has 17 nitrogen and oxygen atoms in total. The Morgan fingerprint density at radius 3 is 1.27 bits per heavy atom. The molecule has 2 amide bonds. The van der Waals surface area contributed by atoms with Crippen LogP contribution >= 0.6 is 0 Å². The van der Waals surface area contributed by atoms with Gasteiger partial charge in [0.1, 0.15) is 18.2 Å². The maximum atomic E-state index is 13.0. The first-order chi connectivity index (χ1) is 25.9. The maximum Gasteiger partial charge on any atom is 0.335 e. The molecule has 0 radical (unpaired) electrons. The van der Waals surface area contributed by atoms with Gasteiger partial charge in [-0.1, -0.05) is 55.4 Å². The van der Waals surface area contributed by atoms with Crippen molar-refractivity contribution in [2.24, 2.45) is 35.5 Å². The highest BCUT2D eigenvalue weighted by Gasteiger charge is 2.55. The number of methoxy groups -OCH3 is 2. The summed E-state index contributed by atoms with van der Waals surface area (Å²) in [6, 6.07) is -1.65. The molecule has 0 aromatic heterocycles. The van der Waals surface area contributed by atoms with E-state index >= 15 is 0 Å². The van der Waals surface area contributed by atoms with Gasteiger partial charge in [0.25, 0.3) is 0 Å². The third kappa shape index (κ3) is 9.80. The van der Waals surface area contributed by atoms with E-state index in [1.807, 2.05) is 55.4 Å². The van der Waals surface area contributed by atoms with E-state index in [-0.39, 0.29) is 35.7 Å². The summed E-state index contributed by atoms with van der Waals surface area (Å²) in [6.45, 7) is 18.0. The lowest BCUT2D eigenvalue weighted by Crippen LogP contribution is -2.66. The summed E-state index contributed by atoms with van der Waals surface area (Å²) < 4.78 is 55.9. The molecular weight excluding hydrogens is 724 g/mol. The molecule has 4 N–H and O–H groups in total. The SMILES string of the molecule is CCC1OC(OC)[C@@H](NC(C)=O)[C@@H](OC2OC(C(=O)O)[C@@H](OC3OC(CC)[C@@H](C)[C@H](OC4OC(C(=O)O)[C@@H](OC)[C@H](C)[C@@H]4C)[C@@H]3NC(C)=O)[C@H](C)[C@@H]2C)[C@@H]1C. The first-order valence-electron chi connectivity index (χ1n) is 19.5. The minimum atomic E-state index is -1.52. The van der Waals surface area contributed by atoms with Gasteiger partial charge in [0, 0.05) is 51.7 Å². The Morgan fingerprint density at radius 2 is 0.891 bits per heavy atom. The lowest BCUT2D eigenvalue weighted by molar-refractivity contribution is -0.347. The summed E-state index contributed by atoms with van der Waals surface area (Å²) in [5.74, 6) is -5.21. The molecule has 0 spiro atoms. The van der Waals surface area contributed by atoms with Crippen LogP contribution in [0.25, 0.3) is 0 Å². The van der Waals surface area contributed by atoms with Gasteiger partial charge in [0.05, 0.1) is 30.5 Å². The Morgan fingerprint density at radius 1 is 0.509 bits per heavy atom. The summed E-state index contributed by atoms with van der Waals surface area (Å²) in [7, 11) is 2.93. The summed E-state index contributed by atoms with van der Waals surface area (Å²) in [5, 5.41) is 26.3. The van der Waals surface area contributed by atoms with Crippen molar-refractivity contribution in [2.45, 2.75) is 168 Å². The molecule has 4 rings (SSSR count). The van der Waals surface area contributed by atoms with Crippen LogP contribution in [0, 0.1) is 35.5 Å². The average molecular weight is 789 g/mol. The lowest BCUT2D eigenvalue weighted by atomic mass is 9.82. The van der Waals surface area contributed by atoms with Crippen molar-refractivity contribution in [3.8, 4) is 0 Å². The van der Waals surface area contributed by atoms with E-state index in [9.17, 15) is 29.4 Å². The summed E-state index contributed by atoms with van der Waals surface area (Å²) in [4.78, 5) is 50.2. The van der Waals surface area contributed by atoms with E-state index in [1.165, 1.54) is 28.1 Å². The molecule has 0 aromatic carbocycles. The lowest BCUT2D eigenvalue weighted by Gasteiger charge is -2.51. The van der Waals surface area contributed by atoms with Crippen LogP contribution in [0.3, 0.4) is 0 Å². The summed E-state index contributed by atoms with van der Waals surface area (Å²) in [6.07, 6.45) is -9.56. The average Bonchev–Trinajstić information content (AvgIpc) is 3.12. The number of aliphatic carboxylic acids is 2. The second-order valence-electron chi connectivity index (χ2n) is 15.8. The smallest absolute Gasteiger partial charge is 0.335 e. The standard InChI is InChI=1S/C38H64N2O15/c1-13-23-19(7)27(25(39-21(9)41)37(48-12)49-23)51-36-18(6)16(4)30(32(55-36)34(45)46)53-38-26(40-22(10)42)28(20(8)24(14-2)50-38)52-35-17(5)15(3)29(47-11)31(54-35)33(43)44/h15-20,23-32,35-38H,13-14H2,1-12H3,(H,39,41)(H,40,42)(H,43,44)(H,45,46)/t15-,16-,17+,18+,19-,20-,23?,24?,25+,26+,27+,28+,29+,30+,31?,32?,35?,36?,37?,38?/m1/s1. The molecule has 0 aliphatic carbocycles. The quantitative estimate of drug-likeness (QED) is 0.199. The molecule has 316 valence electrons. The van der Waals surface area contributed by atoms with E-state index in [0.717, 1.165) is 0 Å². The second-order valence-corrected chi connectivity index (χ2v) is 15.8. The van der Waals surface area contributed by atoms with Crippen molar-refractivity contribution >= 4 is 23.8 Å². The Hall–Kier alpha value is -2.48. The number of carboxylic acid groups (broad SMARTS) is 2. The molecule has 0 saturated carbocycles. The number of amides is 2. The molecule has 8 unspecified atom stereocenters. The predicted octanol–water partition coefficient (Wildman–Crippen LogP) is 2.52. The first-order valence-corrected chi connectivity index (χ1v) is 19.5. The fourth-order valence-corrected chi connectivity index (χ4v) is 8.64. The normalized spacial score (nSPS) is 45.0. The number of ether oxygens (including phenoxy) is 9. The van der Waals surface area contributed by atoms with Crippen molar-refractivity contribution in [1.29, 1.82) is 0 Å². The van der Waals surface area contributed by atoms with Crippen molar-refractivity contribution in [3.63, 3.8) is 0 Å². The zero-order valence-corrected chi connectivity index (χ0v) is 34.2. The number of nitrogens with one attached hydrogen (secondary N) is 2. The predicted molar refractivity (Wildman–Crippen MR) is 193 cm³/mol. The zero-order chi connectivity index (χ0) is 41.0. The van der Waals surface area contributed by atoms with Crippen LogP contribution in [0.15, 0.2) is 0 Å². The van der Waals surface area contributed by atoms with E-state index in [1.54, 1.807) is 0 Å². The van der Waals surface area contributed by atoms with Gasteiger partial charge in [-0.25, -0.2) is 9.59 Å². The Bertz CT molecular complexity index is 1320. The maximum absolute atomic E-state index is 13.0. The number of rotatable bonds is 14. The van der Waals surface area contributed by atoms with Crippen molar-refractivity contribution < 1.29 is 72.0 Å². The summed E-state index contributed by atoms with van der Waals surface area (Å²) in [5.41, 5.74) is 0. The van der Waals surface area contributed by atoms with Gasteiger partial charge in [-0.3, -0.25) is 9.59 Å². The molecule has 4 saturated heterocycles. The van der Waals surface area contributed by atoms with Gasteiger partial charge in [-0.2, -0.15) is 0 Å². The highest BCUT2D eigenvalue weighted by molar-refractivity contribution is 5.74. The molecule has 20 atom stereocenters. The largest absolute Gasteiger partial charge is 0.479 e. The van der Waals surface area contributed by atoms with E-state index in [0.29, 0.717) is 12.8 Å². The molecule has 4 aliphatic heterocycles. The Labute approximate surface area is 324 Å². The van der Waals surface area contributed by atoms with Gasteiger partial charge in [0.15, 0.2) is 37.4 Å². The van der Waals surface area contributed by atoms with Crippen molar-refractivity contribution in [1.82, 2.24) is 10.6 Å². The third-order valence-electron chi connectivity index (χ3n) is 12.2. The highest BCUT2D eigenvalue weighted by atomic mass is 16.7. The van der Waals surface area contributed by atoms with Crippen LogP contribution in [0.4, 0.5) is 0 Å². The minimum absolute atomic E-state index is 0.222. The van der Waals surface area contributed by atoms with Gasteiger partial charge in [-0.05, 0) is 24.7 Å². The molecular formula is C38H64N2O15. The topological polar surface area (TPSA) is 216 Å². The highest BCUT2D eigenvalue weighted by Crippen LogP contribution is 2.42. The molecule has 4 fully saturated rings. The van der Waals surface area contributed by atoms with Crippen LogP contribution in [0.5, 0.6) is 0 Å². The van der Waals surface area contributed by atoms with Crippen molar-refractivity contribution in [3.05, 3.63) is 0 Å². The van der Waals surface area contributed by atoms with Crippen LogP contribution in [0.2, 0.25) is 0 Å². The number of hydrogen-bond donors (Lipinski definition) is 4. The molecule has 4 aliphatic rings. The van der Waals surface area contributed by atoms with Crippen molar-refractivity contribution in [2.75, 3.05) is 14.2 Å². The van der Waals surface area contributed by atoms with E-state index in [4.69, 9.17) is 42.6 Å². The fourth-order valence-electron chi connectivity index (χ4n) is 8.64. The molecule has 55 heavy (non-hydrogen) atoms. The Kier molecular flexibility index (Phi) is 15.9. The van der Waals surface area contributed by atoms with E-state index < -0.39 is 110 Å². The summed E-state index contributed by atoms with van der Waals surface area (Å²) >= 11 is 0. The van der Waals surface area contributed by atoms with Gasteiger partial charge >= 0.3 is 11.9 Å². The van der Waals surface area contributed by atoms with Crippen LogP contribution < -0.4 is 10.6 Å². The molecule has 4 heterocycles. The van der Waals surface area contributed by atoms with Gasteiger partial charge in [-0.15, -0.1) is 0 Å². The van der Waals surface area contributed by atoms with Crippen LogP contribution in [-0.4, -0.2) is 134 Å². The fraction of sp³-hybridized carbons (Fsp3) is 0.895. The first kappa shape index (κ1) is 45.2. The molecule has 0 aromatic rings. The number of carbonyl (C=O) groups is 4. The zero-order valence-electron chi connectivity index (χ0n) is 34.2. The number of carboxylic acids is 2. The van der Waals surface area contributed by atoms with Crippen LogP contribution in [0.1, 0.15) is 82.1 Å².